The van der Waals surface area contributed by atoms with Crippen molar-refractivity contribution in [1.82, 2.24) is 0 Å². The first-order chi connectivity index (χ1) is 7.38. The average molecular weight is 264 g/mol. The van der Waals surface area contributed by atoms with Crippen molar-refractivity contribution < 1.29 is 30.1 Å². The molecule has 0 radical (unpaired) electrons. The van der Waals surface area contributed by atoms with Crippen molar-refractivity contribution in [2.24, 2.45) is 0 Å². The first kappa shape index (κ1) is 13.9. The molecule has 0 amide bonds. The third-order valence-electron chi connectivity index (χ3n) is 2.14. The summed E-state index contributed by atoms with van der Waals surface area (Å²) in [5.74, 6) is 0. The predicted octanol–water partition coefficient (Wildman–Crippen LogP) is 2.44. The zero-order chi connectivity index (χ0) is 12.2. The number of halogens is 4. The van der Waals surface area contributed by atoms with Crippen LogP contribution < -0.4 is 0 Å². The molecule has 0 aromatic rings. The van der Waals surface area contributed by atoms with Crippen molar-refractivity contribution in [2.45, 2.75) is 44.1 Å². The van der Waals surface area contributed by atoms with Gasteiger partial charge in [0.2, 0.25) is 0 Å². The molecule has 0 N–H and O–H groups in total. The van der Waals surface area contributed by atoms with Crippen molar-refractivity contribution in [2.75, 3.05) is 6.61 Å². The summed E-state index contributed by atoms with van der Waals surface area (Å²) in [7, 11) is 0. The van der Waals surface area contributed by atoms with E-state index in [4.69, 9.17) is 0 Å². The Labute approximate surface area is 93.0 Å². The molecule has 1 saturated carbocycles. The van der Waals surface area contributed by atoms with E-state index in [0.717, 1.165) is 0 Å². The van der Waals surface area contributed by atoms with Crippen LogP contribution in [0.25, 0.3) is 0 Å². The van der Waals surface area contributed by atoms with Crippen LogP contribution in [0.15, 0.2) is 0 Å². The van der Waals surface area contributed by atoms with E-state index in [1.807, 2.05) is 0 Å². The van der Waals surface area contributed by atoms with E-state index in [2.05, 4.69) is 8.37 Å². The predicted molar refractivity (Wildman–Crippen MR) is 48.4 cm³/mol. The lowest BCUT2D eigenvalue weighted by molar-refractivity contribution is -0.153. The number of rotatable bonds is 4. The smallest absolute Gasteiger partial charge is 0.262 e. The van der Waals surface area contributed by atoms with Gasteiger partial charge in [-0.05, 0) is 12.8 Å². The lowest BCUT2D eigenvalue weighted by Gasteiger charge is -2.24. The zero-order valence-electron chi connectivity index (χ0n) is 8.34. The second-order valence-corrected chi connectivity index (χ2v) is 4.35. The highest BCUT2D eigenvalue weighted by Gasteiger charge is 2.32. The van der Waals surface area contributed by atoms with Crippen LogP contribution in [0.5, 0.6) is 0 Å². The number of hydrogen-bond donors (Lipinski definition) is 0. The molecule has 0 aromatic carbocycles. The van der Waals surface area contributed by atoms with Gasteiger partial charge in [-0.3, -0.25) is 8.37 Å². The fourth-order valence-corrected chi connectivity index (χ4v) is 2.11. The molecule has 3 nitrogen and oxygen atoms in total. The maximum absolute atomic E-state index is 13.1. The van der Waals surface area contributed by atoms with Gasteiger partial charge in [0.1, 0.15) is 12.3 Å². The molecule has 0 spiro atoms. The summed E-state index contributed by atoms with van der Waals surface area (Å²) in [4.78, 5) is 0. The molecule has 1 rings (SSSR count). The van der Waals surface area contributed by atoms with Crippen LogP contribution in [-0.2, 0) is 19.7 Å². The highest BCUT2D eigenvalue weighted by atomic mass is 32.2. The number of alkyl halides is 4. The van der Waals surface area contributed by atoms with E-state index in [0.29, 0.717) is 19.3 Å². The van der Waals surface area contributed by atoms with Gasteiger partial charge >= 0.3 is 17.5 Å². The Morgan fingerprint density at radius 1 is 1.25 bits per heavy atom. The summed E-state index contributed by atoms with van der Waals surface area (Å²) >= 11 is -2.54. The highest BCUT2D eigenvalue weighted by molar-refractivity contribution is 7.75. The largest absolute Gasteiger partial charge is 0.413 e. The molecular weight excluding hydrogens is 252 g/mol. The molecule has 8 heteroatoms. The number of hydrogen-bond acceptors (Lipinski definition) is 3. The Morgan fingerprint density at radius 3 is 2.44 bits per heavy atom. The van der Waals surface area contributed by atoms with Crippen LogP contribution in [0.4, 0.5) is 17.6 Å². The summed E-state index contributed by atoms with van der Waals surface area (Å²) in [6, 6.07) is 0. The summed E-state index contributed by atoms with van der Waals surface area (Å²) in [5, 5.41) is 0. The van der Waals surface area contributed by atoms with E-state index in [-0.39, 0.29) is 6.42 Å². The summed E-state index contributed by atoms with van der Waals surface area (Å²) < 4.78 is 67.6. The SMILES string of the molecule is O=S(OCC(F)(F)F)OC1CCCCC1F. The van der Waals surface area contributed by atoms with Crippen LogP contribution in [0, 0.1) is 0 Å². The molecule has 3 atom stereocenters. The first-order valence-corrected chi connectivity index (χ1v) is 5.81. The van der Waals surface area contributed by atoms with Gasteiger partial charge in [0.15, 0.2) is 6.61 Å². The van der Waals surface area contributed by atoms with Crippen molar-refractivity contribution in [3.05, 3.63) is 0 Å². The van der Waals surface area contributed by atoms with E-state index in [1.54, 1.807) is 0 Å². The fourth-order valence-electron chi connectivity index (χ4n) is 1.40. The minimum atomic E-state index is -4.57. The van der Waals surface area contributed by atoms with Gasteiger partial charge in [0.05, 0.1) is 0 Å². The molecule has 96 valence electrons. The van der Waals surface area contributed by atoms with Gasteiger partial charge in [-0.25, -0.2) is 4.39 Å². The van der Waals surface area contributed by atoms with Crippen LogP contribution >= 0.6 is 0 Å². The average Bonchev–Trinajstić information content (AvgIpc) is 2.18. The molecule has 1 fully saturated rings. The van der Waals surface area contributed by atoms with Crippen LogP contribution in [0.1, 0.15) is 25.7 Å². The van der Waals surface area contributed by atoms with Gasteiger partial charge in [-0.1, -0.05) is 12.8 Å². The normalized spacial score (nSPS) is 29.0. The minimum absolute atomic E-state index is 0.279. The molecular formula is C8H12F4O3S. The molecule has 0 saturated heterocycles. The third-order valence-corrected chi connectivity index (χ3v) is 2.86. The minimum Gasteiger partial charge on any atom is -0.262 e. The lowest BCUT2D eigenvalue weighted by atomic mass is 9.96. The molecule has 0 aromatic heterocycles. The van der Waals surface area contributed by atoms with Crippen LogP contribution in [0.3, 0.4) is 0 Å². The van der Waals surface area contributed by atoms with Crippen molar-refractivity contribution in [3.63, 3.8) is 0 Å². The summed E-state index contributed by atoms with van der Waals surface area (Å²) in [5.41, 5.74) is 0. The molecule has 0 bridgehead atoms. The molecule has 1 aliphatic rings. The van der Waals surface area contributed by atoms with Gasteiger partial charge in [0.25, 0.3) is 0 Å². The standard InChI is InChI=1S/C8H12F4O3S/c9-6-3-1-2-4-7(6)15-16(13)14-5-8(10,11)12/h6-7H,1-5H2. The Hall–Kier alpha value is -0.210. The van der Waals surface area contributed by atoms with Gasteiger partial charge in [0, 0.05) is 0 Å². The maximum Gasteiger partial charge on any atom is 0.413 e. The lowest BCUT2D eigenvalue weighted by Crippen LogP contribution is -2.31. The topological polar surface area (TPSA) is 35.5 Å². The molecule has 16 heavy (non-hydrogen) atoms. The third kappa shape index (κ3) is 5.22. The second-order valence-electron chi connectivity index (χ2n) is 3.52. The van der Waals surface area contributed by atoms with Crippen molar-refractivity contribution >= 4 is 11.4 Å². The highest BCUT2D eigenvalue weighted by Crippen LogP contribution is 2.25. The second kappa shape index (κ2) is 5.92. The van der Waals surface area contributed by atoms with Gasteiger partial charge < -0.3 is 0 Å². The Balaban J connectivity index is 2.28. The Bertz CT molecular complexity index is 246. The van der Waals surface area contributed by atoms with E-state index in [9.17, 15) is 21.8 Å². The van der Waals surface area contributed by atoms with Gasteiger partial charge in [-0.2, -0.15) is 17.4 Å². The molecule has 0 aliphatic heterocycles. The van der Waals surface area contributed by atoms with E-state index < -0.39 is 36.4 Å². The van der Waals surface area contributed by atoms with Crippen LogP contribution in [-0.4, -0.2) is 29.3 Å². The maximum atomic E-state index is 13.1. The monoisotopic (exact) mass is 264 g/mol. The van der Waals surface area contributed by atoms with Crippen LogP contribution in [0.2, 0.25) is 0 Å². The van der Waals surface area contributed by atoms with E-state index >= 15 is 0 Å². The first-order valence-electron chi connectivity index (χ1n) is 4.81. The Morgan fingerprint density at radius 2 is 1.88 bits per heavy atom. The van der Waals surface area contributed by atoms with E-state index in [1.165, 1.54) is 0 Å². The van der Waals surface area contributed by atoms with Gasteiger partial charge in [-0.15, -0.1) is 0 Å². The quantitative estimate of drug-likeness (QED) is 0.732. The Kier molecular flexibility index (Phi) is 5.13. The summed E-state index contributed by atoms with van der Waals surface area (Å²) in [6.07, 6.45) is -4.74. The molecule has 3 unspecified atom stereocenters. The summed E-state index contributed by atoms with van der Waals surface area (Å²) in [6.45, 7) is -1.66. The molecule has 1 aliphatic carbocycles. The van der Waals surface area contributed by atoms with Crippen molar-refractivity contribution in [3.8, 4) is 0 Å². The van der Waals surface area contributed by atoms with Crippen molar-refractivity contribution in [1.29, 1.82) is 0 Å². The zero-order valence-corrected chi connectivity index (χ0v) is 9.15. The molecule has 0 heterocycles. The fraction of sp³-hybridized carbons (Fsp3) is 1.00.